The minimum absolute atomic E-state index is 0.0341. The largest absolute Gasteiger partial charge is 0.496 e. The molecule has 0 amide bonds. The molecule has 1 N–H and O–H groups in total. The summed E-state index contributed by atoms with van der Waals surface area (Å²) in [7, 11) is 1.61. The number of hydrogen-bond acceptors (Lipinski definition) is 3. The summed E-state index contributed by atoms with van der Waals surface area (Å²) in [6, 6.07) is 16.0. The number of nitrogens with zero attached hydrogens (tertiary/aromatic N) is 1. The molecule has 0 unspecified atom stereocenters. The molecule has 3 rings (SSSR count). The molecule has 0 radical (unpaired) electrons. The average molecular weight is 279 g/mol. The summed E-state index contributed by atoms with van der Waals surface area (Å²) in [5.41, 5.74) is 4.80. The molecule has 0 aliphatic heterocycles. The molecular weight excluding hydrogens is 262 g/mol. The lowest BCUT2D eigenvalue weighted by Gasteiger charge is -2.11. The van der Waals surface area contributed by atoms with Gasteiger partial charge in [-0.15, -0.1) is 0 Å². The Hall–Kier alpha value is -2.39. The Morgan fingerprint density at radius 1 is 1.10 bits per heavy atom. The van der Waals surface area contributed by atoms with E-state index in [1.807, 2.05) is 36.4 Å². The van der Waals surface area contributed by atoms with Gasteiger partial charge in [-0.3, -0.25) is 0 Å². The van der Waals surface area contributed by atoms with E-state index in [4.69, 9.17) is 9.72 Å². The second kappa shape index (κ2) is 5.54. The topological polar surface area (TPSA) is 42.4 Å². The van der Waals surface area contributed by atoms with Gasteiger partial charge in [0.2, 0.25) is 0 Å². The van der Waals surface area contributed by atoms with Crippen LogP contribution in [0.5, 0.6) is 5.75 Å². The van der Waals surface area contributed by atoms with Crippen LogP contribution in [0.3, 0.4) is 0 Å². The van der Waals surface area contributed by atoms with Crippen LogP contribution in [0.4, 0.5) is 0 Å². The summed E-state index contributed by atoms with van der Waals surface area (Å²) in [6.07, 6.45) is 0. The number of aliphatic hydroxyl groups excluding tert-OH is 1. The van der Waals surface area contributed by atoms with Crippen molar-refractivity contribution in [2.75, 3.05) is 7.11 Å². The van der Waals surface area contributed by atoms with Crippen LogP contribution in [0.1, 0.15) is 11.1 Å². The van der Waals surface area contributed by atoms with Crippen molar-refractivity contribution in [3.05, 3.63) is 59.7 Å². The second-order valence-corrected chi connectivity index (χ2v) is 5.03. The van der Waals surface area contributed by atoms with Crippen molar-refractivity contribution >= 4 is 10.9 Å². The Kier molecular flexibility index (Phi) is 3.59. The van der Waals surface area contributed by atoms with Crippen molar-refractivity contribution in [3.8, 4) is 17.0 Å². The lowest BCUT2D eigenvalue weighted by molar-refractivity contribution is 0.274. The number of aromatic nitrogens is 1. The number of pyridine rings is 1. The fourth-order valence-electron chi connectivity index (χ4n) is 2.54. The van der Waals surface area contributed by atoms with Crippen LogP contribution in [0, 0.1) is 6.92 Å². The Labute approximate surface area is 123 Å². The molecule has 0 spiro atoms. The first-order chi connectivity index (χ1) is 10.2. The van der Waals surface area contributed by atoms with E-state index in [-0.39, 0.29) is 6.61 Å². The van der Waals surface area contributed by atoms with Gasteiger partial charge in [-0.05, 0) is 30.7 Å². The van der Waals surface area contributed by atoms with Crippen molar-refractivity contribution in [1.29, 1.82) is 0 Å². The van der Waals surface area contributed by atoms with Gasteiger partial charge in [0.15, 0.2) is 0 Å². The number of ether oxygens (including phenoxy) is 1. The zero-order valence-electron chi connectivity index (χ0n) is 12.1. The van der Waals surface area contributed by atoms with E-state index < -0.39 is 0 Å². The smallest absolute Gasteiger partial charge is 0.125 e. The number of hydrogen-bond donors (Lipinski definition) is 1. The van der Waals surface area contributed by atoms with Gasteiger partial charge >= 0.3 is 0 Å². The van der Waals surface area contributed by atoms with Gasteiger partial charge < -0.3 is 9.84 Å². The highest BCUT2D eigenvalue weighted by Gasteiger charge is 2.09. The predicted octanol–water partition coefficient (Wildman–Crippen LogP) is 3.71. The summed E-state index contributed by atoms with van der Waals surface area (Å²) in [5.74, 6) is 0.685. The molecule has 0 saturated carbocycles. The quantitative estimate of drug-likeness (QED) is 0.794. The van der Waals surface area contributed by atoms with E-state index in [2.05, 4.69) is 19.1 Å². The third-order valence-corrected chi connectivity index (χ3v) is 3.65. The molecule has 0 aliphatic rings. The second-order valence-electron chi connectivity index (χ2n) is 5.03. The van der Waals surface area contributed by atoms with E-state index >= 15 is 0 Å². The van der Waals surface area contributed by atoms with Crippen molar-refractivity contribution in [3.63, 3.8) is 0 Å². The molecule has 3 nitrogen and oxygen atoms in total. The van der Waals surface area contributed by atoms with E-state index in [9.17, 15) is 5.11 Å². The summed E-state index contributed by atoms with van der Waals surface area (Å²) in [6.45, 7) is 2.02. The first-order valence-corrected chi connectivity index (χ1v) is 6.87. The van der Waals surface area contributed by atoms with E-state index in [0.717, 1.165) is 33.3 Å². The van der Waals surface area contributed by atoms with Gasteiger partial charge in [0, 0.05) is 16.5 Å². The van der Waals surface area contributed by atoms with E-state index in [1.165, 1.54) is 0 Å². The number of aliphatic hydroxyl groups is 1. The Morgan fingerprint density at radius 2 is 1.90 bits per heavy atom. The van der Waals surface area contributed by atoms with Gasteiger partial charge in [0.05, 0.1) is 24.9 Å². The van der Waals surface area contributed by atoms with Gasteiger partial charge in [0.1, 0.15) is 5.75 Å². The highest BCUT2D eigenvalue weighted by atomic mass is 16.5. The number of methoxy groups -OCH3 is 1. The van der Waals surface area contributed by atoms with Crippen LogP contribution in [0.15, 0.2) is 48.5 Å². The standard InChI is InChI=1S/C18H17NO2/c1-12-9-13-5-3-4-6-16(13)19-18(12)14-7-8-15(11-20)17(10-14)21-2/h3-10,20H,11H2,1-2H3. The van der Waals surface area contributed by atoms with Crippen molar-refractivity contribution < 1.29 is 9.84 Å². The van der Waals surface area contributed by atoms with E-state index in [0.29, 0.717) is 5.75 Å². The minimum atomic E-state index is -0.0341. The zero-order chi connectivity index (χ0) is 14.8. The molecule has 106 valence electrons. The number of fused-ring (bicyclic) bond motifs is 1. The van der Waals surface area contributed by atoms with Crippen LogP contribution in [0.2, 0.25) is 0 Å². The molecule has 2 aromatic carbocycles. The zero-order valence-corrected chi connectivity index (χ0v) is 12.1. The third kappa shape index (κ3) is 2.48. The van der Waals surface area contributed by atoms with Gasteiger partial charge in [-0.25, -0.2) is 4.98 Å². The molecule has 0 saturated heterocycles. The molecule has 0 atom stereocenters. The van der Waals surface area contributed by atoms with Crippen LogP contribution in [0.25, 0.3) is 22.2 Å². The number of rotatable bonds is 3. The molecule has 3 heteroatoms. The molecule has 1 aromatic heterocycles. The number of benzene rings is 2. The van der Waals surface area contributed by atoms with E-state index in [1.54, 1.807) is 7.11 Å². The molecule has 0 aliphatic carbocycles. The van der Waals surface area contributed by atoms with Crippen LogP contribution in [-0.2, 0) is 6.61 Å². The van der Waals surface area contributed by atoms with Gasteiger partial charge in [-0.1, -0.05) is 30.3 Å². The first kappa shape index (κ1) is 13.6. The van der Waals surface area contributed by atoms with Crippen molar-refractivity contribution in [1.82, 2.24) is 4.98 Å². The Bertz CT molecular complexity index is 796. The summed E-state index contributed by atoms with van der Waals surface area (Å²) in [4.78, 5) is 4.76. The monoisotopic (exact) mass is 279 g/mol. The van der Waals surface area contributed by atoms with Crippen LogP contribution < -0.4 is 4.74 Å². The predicted molar refractivity (Wildman–Crippen MR) is 84.4 cm³/mol. The molecule has 0 bridgehead atoms. The van der Waals surface area contributed by atoms with Gasteiger partial charge in [0.25, 0.3) is 0 Å². The number of para-hydroxylation sites is 1. The Balaban J connectivity index is 2.17. The minimum Gasteiger partial charge on any atom is -0.496 e. The lowest BCUT2D eigenvalue weighted by atomic mass is 10.0. The van der Waals surface area contributed by atoms with Crippen molar-refractivity contribution in [2.45, 2.75) is 13.5 Å². The summed E-state index contributed by atoms with van der Waals surface area (Å²) < 4.78 is 5.34. The molecule has 21 heavy (non-hydrogen) atoms. The normalized spacial score (nSPS) is 10.8. The molecule has 3 aromatic rings. The van der Waals surface area contributed by atoms with Gasteiger partial charge in [-0.2, -0.15) is 0 Å². The fourth-order valence-corrected chi connectivity index (χ4v) is 2.54. The lowest BCUT2D eigenvalue weighted by Crippen LogP contribution is -1.95. The summed E-state index contributed by atoms with van der Waals surface area (Å²) >= 11 is 0. The Morgan fingerprint density at radius 3 is 2.67 bits per heavy atom. The highest BCUT2D eigenvalue weighted by Crippen LogP contribution is 2.29. The summed E-state index contributed by atoms with van der Waals surface area (Å²) in [5, 5.41) is 10.4. The van der Waals surface area contributed by atoms with Crippen LogP contribution in [-0.4, -0.2) is 17.2 Å². The fraction of sp³-hybridized carbons (Fsp3) is 0.167. The highest BCUT2D eigenvalue weighted by molar-refractivity contribution is 5.83. The average Bonchev–Trinajstić information content (AvgIpc) is 2.53. The SMILES string of the molecule is COc1cc(-c2nc3ccccc3cc2C)ccc1CO. The molecular formula is C18H17NO2. The van der Waals surface area contributed by atoms with Crippen LogP contribution >= 0.6 is 0 Å². The maximum absolute atomic E-state index is 9.31. The maximum atomic E-state index is 9.31. The maximum Gasteiger partial charge on any atom is 0.125 e. The third-order valence-electron chi connectivity index (χ3n) is 3.65. The molecule has 0 fully saturated rings. The molecule has 1 heterocycles. The first-order valence-electron chi connectivity index (χ1n) is 6.87. The van der Waals surface area contributed by atoms with Crippen molar-refractivity contribution in [2.24, 2.45) is 0 Å². The number of aryl methyl sites for hydroxylation is 1.